The van der Waals surface area contributed by atoms with Crippen molar-refractivity contribution < 1.29 is 0 Å². The molecule has 0 saturated carbocycles. The number of piperidine rings is 1. The quantitative estimate of drug-likeness (QED) is 0.832. The number of likely N-dealkylation sites (tertiary alicyclic amines) is 1. The Bertz CT molecular complexity index is 395. The lowest BCUT2D eigenvalue weighted by atomic mass is 9.96. The van der Waals surface area contributed by atoms with Crippen LogP contribution < -0.4 is 10.6 Å². The van der Waals surface area contributed by atoms with Crippen molar-refractivity contribution in [2.75, 3.05) is 44.4 Å². The van der Waals surface area contributed by atoms with Crippen molar-refractivity contribution in [3.8, 4) is 0 Å². The third-order valence-electron chi connectivity index (χ3n) is 4.00. The van der Waals surface area contributed by atoms with Crippen LogP contribution in [0, 0.1) is 12.8 Å². The van der Waals surface area contributed by atoms with E-state index in [2.05, 4.69) is 43.0 Å². The van der Waals surface area contributed by atoms with Crippen molar-refractivity contribution in [2.24, 2.45) is 5.92 Å². The predicted molar refractivity (Wildman–Crippen MR) is 79.1 cm³/mol. The van der Waals surface area contributed by atoms with Gasteiger partial charge >= 0.3 is 0 Å². The van der Waals surface area contributed by atoms with E-state index >= 15 is 0 Å². The van der Waals surface area contributed by atoms with Gasteiger partial charge in [-0.1, -0.05) is 0 Å². The van der Waals surface area contributed by atoms with Gasteiger partial charge in [0.25, 0.3) is 0 Å². The fourth-order valence-corrected chi connectivity index (χ4v) is 2.84. The van der Waals surface area contributed by atoms with Gasteiger partial charge in [0.1, 0.15) is 0 Å². The normalized spacial score (nSPS) is 17.9. The molecule has 1 aromatic carbocycles. The Hall–Kier alpha value is -1.22. The number of rotatable bonds is 3. The molecular weight excluding hydrogens is 222 g/mol. The van der Waals surface area contributed by atoms with Crippen LogP contribution in [0.1, 0.15) is 18.4 Å². The zero-order valence-electron chi connectivity index (χ0n) is 11.8. The summed E-state index contributed by atoms with van der Waals surface area (Å²) in [6.07, 6.45) is 2.63. The van der Waals surface area contributed by atoms with Crippen molar-refractivity contribution in [1.29, 1.82) is 0 Å². The Morgan fingerprint density at radius 3 is 2.61 bits per heavy atom. The minimum absolute atomic E-state index is 0.822. The van der Waals surface area contributed by atoms with Gasteiger partial charge in [-0.3, -0.25) is 0 Å². The second-order valence-electron chi connectivity index (χ2n) is 5.67. The molecule has 1 saturated heterocycles. The van der Waals surface area contributed by atoms with Crippen LogP contribution >= 0.6 is 0 Å². The average molecular weight is 247 g/mol. The minimum Gasteiger partial charge on any atom is -0.399 e. The van der Waals surface area contributed by atoms with Crippen LogP contribution in [-0.2, 0) is 0 Å². The summed E-state index contributed by atoms with van der Waals surface area (Å²) in [6.45, 7) is 5.76. The second-order valence-corrected chi connectivity index (χ2v) is 5.67. The van der Waals surface area contributed by atoms with Crippen LogP contribution in [-0.4, -0.2) is 38.6 Å². The molecule has 18 heavy (non-hydrogen) atoms. The average Bonchev–Trinajstić information content (AvgIpc) is 2.32. The van der Waals surface area contributed by atoms with E-state index in [0.717, 1.165) is 18.2 Å². The Morgan fingerprint density at radius 2 is 2.00 bits per heavy atom. The number of hydrogen-bond donors (Lipinski definition) is 1. The summed E-state index contributed by atoms with van der Waals surface area (Å²) < 4.78 is 0. The third-order valence-corrected chi connectivity index (χ3v) is 4.00. The zero-order chi connectivity index (χ0) is 13.1. The van der Waals surface area contributed by atoms with E-state index in [1.54, 1.807) is 0 Å². The molecule has 2 rings (SSSR count). The number of benzene rings is 1. The first-order valence-electron chi connectivity index (χ1n) is 6.82. The van der Waals surface area contributed by atoms with Gasteiger partial charge < -0.3 is 15.5 Å². The Morgan fingerprint density at radius 1 is 1.33 bits per heavy atom. The topological polar surface area (TPSA) is 32.5 Å². The van der Waals surface area contributed by atoms with Gasteiger partial charge in [-0.15, -0.1) is 0 Å². The SMILES string of the molecule is Cc1cc(N)ccc1N(C)CC1CCN(C)CC1. The fourth-order valence-electron chi connectivity index (χ4n) is 2.84. The number of nitrogens with zero attached hydrogens (tertiary/aromatic N) is 2. The van der Waals surface area contributed by atoms with Gasteiger partial charge in [0.05, 0.1) is 0 Å². The van der Waals surface area contributed by atoms with Crippen LogP contribution in [0.25, 0.3) is 0 Å². The fraction of sp³-hybridized carbons (Fsp3) is 0.600. The molecule has 0 radical (unpaired) electrons. The Labute approximate surface area is 111 Å². The summed E-state index contributed by atoms with van der Waals surface area (Å²) in [6, 6.07) is 6.19. The molecule has 3 heteroatoms. The van der Waals surface area contributed by atoms with E-state index < -0.39 is 0 Å². The molecule has 3 nitrogen and oxygen atoms in total. The molecule has 1 aromatic rings. The molecule has 1 aliphatic rings. The standard InChI is InChI=1S/C15H25N3/c1-12-10-14(16)4-5-15(12)18(3)11-13-6-8-17(2)9-7-13/h4-5,10,13H,6-9,11,16H2,1-3H3. The van der Waals surface area contributed by atoms with Crippen molar-refractivity contribution >= 4 is 11.4 Å². The van der Waals surface area contributed by atoms with E-state index in [9.17, 15) is 0 Å². The lowest BCUT2D eigenvalue weighted by molar-refractivity contribution is 0.222. The highest BCUT2D eigenvalue weighted by Crippen LogP contribution is 2.24. The molecule has 0 aromatic heterocycles. The lowest BCUT2D eigenvalue weighted by Gasteiger charge is -2.33. The first-order chi connectivity index (χ1) is 8.56. The van der Waals surface area contributed by atoms with Gasteiger partial charge in [0.2, 0.25) is 0 Å². The molecule has 0 amide bonds. The maximum Gasteiger partial charge on any atom is 0.0394 e. The third kappa shape index (κ3) is 3.16. The van der Waals surface area contributed by atoms with Gasteiger partial charge in [0, 0.05) is 25.0 Å². The summed E-state index contributed by atoms with van der Waals surface area (Å²) in [5.74, 6) is 0.822. The Balaban J connectivity index is 1.97. The summed E-state index contributed by atoms with van der Waals surface area (Å²) in [5, 5.41) is 0. The highest BCUT2D eigenvalue weighted by atomic mass is 15.1. The smallest absolute Gasteiger partial charge is 0.0394 e. The number of nitrogens with two attached hydrogens (primary N) is 1. The molecule has 0 bridgehead atoms. The van der Waals surface area contributed by atoms with E-state index in [0.29, 0.717) is 0 Å². The molecule has 1 aliphatic heterocycles. The zero-order valence-corrected chi connectivity index (χ0v) is 11.8. The molecule has 0 atom stereocenters. The molecular formula is C15H25N3. The van der Waals surface area contributed by atoms with E-state index in [1.165, 1.54) is 37.2 Å². The first-order valence-corrected chi connectivity index (χ1v) is 6.82. The molecule has 100 valence electrons. The highest BCUT2D eigenvalue weighted by molar-refractivity contribution is 5.58. The number of aryl methyl sites for hydroxylation is 1. The van der Waals surface area contributed by atoms with Crippen molar-refractivity contribution in [1.82, 2.24) is 4.90 Å². The van der Waals surface area contributed by atoms with Gasteiger partial charge in [-0.2, -0.15) is 0 Å². The minimum atomic E-state index is 0.822. The van der Waals surface area contributed by atoms with Gasteiger partial charge in [0.15, 0.2) is 0 Å². The maximum atomic E-state index is 5.80. The van der Waals surface area contributed by atoms with Crippen molar-refractivity contribution in [3.63, 3.8) is 0 Å². The van der Waals surface area contributed by atoms with Gasteiger partial charge in [-0.05, 0) is 69.6 Å². The molecule has 0 spiro atoms. The molecule has 0 aliphatic carbocycles. The van der Waals surface area contributed by atoms with Crippen molar-refractivity contribution in [3.05, 3.63) is 23.8 Å². The molecule has 2 N–H and O–H groups in total. The summed E-state index contributed by atoms with van der Waals surface area (Å²) >= 11 is 0. The molecule has 0 unspecified atom stereocenters. The van der Waals surface area contributed by atoms with Crippen LogP contribution in [0.2, 0.25) is 0 Å². The van der Waals surface area contributed by atoms with Crippen LogP contribution in [0.3, 0.4) is 0 Å². The monoisotopic (exact) mass is 247 g/mol. The van der Waals surface area contributed by atoms with Crippen LogP contribution in [0.4, 0.5) is 11.4 Å². The number of hydrogen-bond acceptors (Lipinski definition) is 3. The molecule has 1 fully saturated rings. The second kappa shape index (κ2) is 5.61. The largest absolute Gasteiger partial charge is 0.399 e. The Kier molecular flexibility index (Phi) is 4.12. The number of nitrogen functional groups attached to an aromatic ring is 1. The predicted octanol–water partition coefficient (Wildman–Crippen LogP) is 2.36. The lowest BCUT2D eigenvalue weighted by Crippen LogP contribution is -2.35. The maximum absolute atomic E-state index is 5.80. The summed E-state index contributed by atoms with van der Waals surface area (Å²) in [5.41, 5.74) is 9.23. The summed E-state index contributed by atoms with van der Waals surface area (Å²) in [4.78, 5) is 4.80. The van der Waals surface area contributed by atoms with Crippen LogP contribution in [0.15, 0.2) is 18.2 Å². The van der Waals surface area contributed by atoms with Gasteiger partial charge in [-0.25, -0.2) is 0 Å². The number of anilines is 2. The van der Waals surface area contributed by atoms with Crippen molar-refractivity contribution in [2.45, 2.75) is 19.8 Å². The summed E-state index contributed by atoms with van der Waals surface area (Å²) in [7, 11) is 4.40. The van der Waals surface area contributed by atoms with E-state index in [4.69, 9.17) is 5.73 Å². The highest BCUT2D eigenvalue weighted by Gasteiger charge is 2.18. The molecule has 1 heterocycles. The van der Waals surface area contributed by atoms with E-state index in [1.807, 2.05) is 6.07 Å². The first kappa shape index (κ1) is 13.2. The van der Waals surface area contributed by atoms with Crippen LogP contribution in [0.5, 0.6) is 0 Å². The van der Waals surface area contributed by atoms with E-state index in [-0.39, 0.29) is 0 Å².